The van der Waals surface area contributed by atoms with Crippen molar-refractivity contribution in [2.45, 2.75) is 10.4 Å². The predicted octanol–water partition coefficient (Wildman–Crippen LogP) is 2.13. The van der Waals surface area contributed by atoms with Gasteiger partial charge in [-0.3, -0.25) is 4.79 Å². The number of alkyl halides is 3. The van der Waals surface area contributed by atoms with Gasteiger partial charge in [-0.25, -0.2) is 13.4 Å². The first-order valence-electron chi connectivity index (χ1n) is 8.65. The first-order valence-corrected chi connectivity index (χ1v) is 11.0. The molecule has 1 fully saturated rings. The lowest BCUT2D eigenvalue weighted by molar-refractivity contribution is -0.137. The van der Waals surface area contributed by atoms with Crippen LogP contribution in [0.2, 0.25) is 0 Å². The number of amides is 1. The van der Waals surface area contributed by atoms with Crippen LogP contribution in [0.5, 0.6) is 0 Å². The molecule has 1 aliphatic heterocycles. The van der Waals surface area contributed by atoms with Crippen molar-refractivity contribution in [1.82, 2.24) is 14.2 Å². The number of carbonyl (C=O) groups excluding carboxylic acids is 1. The van der Waals surface area contributed by atoms with E-state index in [2.05, 4.69) is 4.98 Å². The third-order valence-corrected chi connectivity index (χ3v) is 7.73. The molecular weight excluding hydrogens is 429 g/mol. The molecule has 1 aliphatic rings. The van der Waals surface area contributed by atoms with E-state index in [9.17, 15) is 26.4 Å². The molecule has 2 aromatic rings. The number of anilines is 1. The molecule has 0 radical (unpaired) electrons. The topological polar surface area (TPSA) is 73.8 Å². The van der Waals surface area contributed by atoms with E-state index < -0.39 is 21.8 Å². The van der Waals surface area contributed by atoms with Crippen LogP contribution < -0.4 is 4.90 Å². The van der Waals surface area contributed by atoms with Gasteiger partial charge in [0, 0.05) is 39.4 Å². The minimum Gasteiger partial charge on any atom is -0.353 e. The lowest BCUT2D eigenvalue weighted by Crippen LogP contribution is -2.51. The monoisotopic (exact) mass is 448 g/mol. The van der Waals surface area contributed by atoms with Gasteiger partial charge in [-0.1, -0.05) is 6.07 Å². The molecule has 158 valence electrons. The van der Waals surface area contributed by atoms with Crippen LogP contribution in [0.25, 0.3) is 0 Å². The molecule has 2 aromatic heterocycles. The van der Waals surface area contributed by atoms with Gasteiger partial charge in [-0.2, -0.15) is 17.5 Å². The fourth-order valence-electron chi connectivity index (χ4n) is 2.87. The molecular formula is C17H19F3N4O3S2. The SMILES string of the molecule is CN(CC(=O)N1CCN(c2ccc(C(F)(F)F)cn2)CC1)S(=O)(=O)c1cccs1. The van der Waals surface area contributed by atoms with E-state index in [1.54, 1.807) is 21.2 Å². The smallest absolute Gasteiger partial charge is 0.353 e. The fraction of sp³-hybridized carbons (Fsp3) is 0.412. The van der Waals surface area contributed by atoms with Crippen molar-refractivity contribution in [1.29, 1.82) is 0 Å². The minimum atomic E-state index is -4.44. The summed E-state index contributed by atoms with van der Waals surface area (Å²) in [6.07, 6.45) is -3.65. The zero-order chi connectivity index (χ0) is 21.2. The quantitative estimate of drug-likeness (QED) is 0.701. The molecule has 7 nitrogen and oxygen atoms in total. The van der Waals surface area contributed by atoms with Crippen LogP contribution in [0, 0.1) is 0 Å². The maximum absolute atomic E-state index is 12.6. The van der Waals surface area contributed by atoms with E-state index >= 15 is 0 Å². The second-order valence-electron chi connectivity index (χ2n) is 6.46. The van der Waals surface area contributed by atoms with Crippen LogP contribution in [-0.2, 0) is 21.0 Å². The third kappa shape index (κ3) is 4.87. The number of hydrogen-bond donors (Lipinski definition) is 0. The van der Waals surface area contributed by atoms with Crippen molar-refractivity contribution in [3.8, 4) is 0 Å². The average Bonchev–Trinajstić information content (AvgIpc) is 3.23. The number of piperazine rings is 1. The summed E-state index contributed by atoms with van der Waals surface area (Å²) < 4.78 is 63.9. The van der Waals surface area contributed by atoms with Crippen LogP contribution in [0.4, 0.5) is 19.0 Å². The molecule has 0 aliphatic carbocycles. The highest BCUT2D eigenvalue weighted by Gasteiger charge is 2.31. The normalized spacial score (nSPS) is 15.8. The van der Waals surface area contributed by atoms with E-state index in [4.69, 9.17) is 0 Å². The first-order chi connectivity index (χ1) is 13.6. The Hall–Kier alpha value is -2.18. The number of rotatable bonds is 5. The zero-order valence-corrected chi connectivity index (χ0v) is 17.1. The number of hydrogen-bond acceptors (Lipinski definition) is 6. The highest BCUT2D eigenvalue weighted by Crippen LogP contribution is 2.29. The molecule has 0 aromatic carbocycles. The summed E-state index contributed by atoms with van der Waals surface area (Å²) in [7, 11) is -2.35. The maximum Gasteiger partial charge on any atom is 0.417 e. The molecule has 0 spiro atoms. The molecule has 0 N–H and O–H groups in total. The molecule has 0 atom stereocenters. The van der Waals surface area contributed by atoms with E-state index in [0.29, 0.717) is 32.0 Å². The molecule has 1 amide bonds. The summed E-state index contributed by atoms with van der Waals surface area (Å²) in [5.41, 5.74) is -0.815. The Morgan fingerprint density at radius 2 is 1.90 bits per heavy atom. The highest BCUT2D eigenvalue weighted by atomic mass is 32.2. The zero-order valence-electron chi connectivity index (χ0n) is 15.5. The molecule has 0 unspecified atom stereocenters. The van der Waals surface area contributed by atoms with E-state index in [0.717, 1.165) is 27.9 Å². The van der Waals surface area contributed by atoms with Crippen LogP contribution in [0.15, 0.2) is 40.1 Å². The Balaban J connectivity index is 1.56. The van der Waals surface area contributed by atoms with Crippen LogP contribution in [-0.4, -0.2) is 68.3 Å². The molecule has 29 heavy (non-hydrogen) atoms. The fourth-order valence-corrected chi connectivity index (χ4v) is 5.19. The summed E-state index contributed by atoms with van der Waals surface area (Å²) in [6, 6.07) is 5.39. The Kier molecular flexibility index (Phi) is 6.15. The Bertz CT molecular complexity index is 939. The van der Waals surface area contributed by atoms with Crippen molar-refractivity contribution >= 4 is 33.1 Å². The number of likely N-dealkylation sites (N-methyl/N-ethyl adjacent to an activating group) is 1. The first kappa shape index (κ1) is 21.5. The summed E-state index contributed by atoms with van der Waals surface area (Å²) in [5, 5.41) is 1.65. The van der Waals surface area contributed by atoms with Gasteiger partial charge in [0.1, 0.15) is 10.0 Å². The lowest BCUT2D eigenvalue weighted by Gasteiger charge is -2.36. The molecule has 12 heteroatoms. The summed E-state index contributed by atoms with van der Waals surface area (Å²) in [5.74, 6) is 0.0788. The van der Waals surface area contributed by atoms with Crippen molar-refractivity contribution < 1.29 is 26.4 Å². The van der Waals surface area contributed by atoms with Gasteiger partial charge in [0.15, 0.2) is 0 Å². The van der Waals surface area contributed by atoms with Gasteiger partial charge in [-0.05, 0) is 23.6 Å². The van der Waals surface area contributed by atoms with Crippen molar-refractivity contribution in [3.05, 3.63) is 41.4 Å². The number of nitrogens with zero attached hydrogens (tertiary/aromatic N) is 4. The van der Waals surface area contributed by atoms with Crippen LogP contribution >= 0.6 is 11.3 Å². The van der Waals surface area contributed by atoms with Crippen molar-refractivity contribution in [2.24, 2.45) is 0 Å². The largest absolute Gasteiger partial charge is 0.417 e. The third-order valence-electron chi connectivity index (χ3n) is 4.55. The Morgan fingerprint density at radius 1 is 1.21 bits per heavy atom. The van der Waals surface area contributed by atoms with E-state index in [1.165, 1.54) is 19.2 Å². The minimum absolute atomic E-state index is 0.172. The van der Waals surface area contributed by atoms with Gasteiger partial charge in [0.25, 0.3) is 10.0 Å². The standard InChI is InChI=1S/C17H19F3N4O3S2/c1-22(29(26,27)16-3-2-10-28-16)12-15(25)24-8-6-23(7-9-24)14-5-4-13(11-21-14)17(18,19)20/h2-5,10-11H,6-9,12H2,1H3. The summed E-state index contributed by atoms with van der Waals surface area (Å²) >= 11 is 1.08. The second kappa shape index (κ2) is 8.28. The number of halogens is 3. The van der Waals surface area contributed by atoms with Gasteiger partial charge < -0.3 is 9.80 Å². The van der Waals surface area contributed by atoms with Gasteiger partial charge in [0.05, 0.1) is 12.1 Å². The van der Waals surface area contributed by atoms with Crippen molar-refractivity contribution in [2.75, 3.05) is 44.7 Å². The Labute approximate surface area is 170 Å². The van der Waals surface area contributed by atoms with Crippen molar-refractivity contribution in [3.63, 3.8) is 0 Å². The molecule has 0 bridgehead atoms. The summed E-state index contributed by atoms with van der Waals surface area (Å²) in [6.45, 7) is 1.17. The number of aromatic nitrogens is 1. The van der Waals surface area contributed by atoms with Gasteiger partial charge in [-0.15, -0.1) is 11.3 Å². The number of thiophene rings is 1. The molecule has 3 heterocycles. The summed E-state index contributed by atoms with van der Waals surface area (Å²) in [4.78, 5) is 19.7. The Morgan fingerprint density at radius 3 is 2.41 bits per heavy atom. The van der Waals surface area contributed by atoms with E-state index in [-0.39, 0.29) is 16.7 Å². The lowest BCUT2D eigenvalue weighted by atomic mass is 10.2. The molecule has 3 rings (SSSR count). The predicted molar refractivity (Wildman–Crippen MR) is 102 cm³/mol. The molecule has 1 saturated heterocycles. The van der Waals surface area contributed by atoms with Gasteiger partial charge >= 0.3 is 6.18 Å². The average molecular weight is 448 g/mol. The maximum atomic E-state index is 12.6. The van der Waals surface area contributed by atoms with Crippen LogP contribution in [0.3, 0.4) is 0 Å². The highest BCUT2D eigenvalue weighted by molar-refractivity contribution is 7.91. The number of carbonyl (C=O) groups is 1. The van der Waals surface area contributed by atoms with Crippen LogP contribution in [0.1, 0.15) is 5.56 Å². The number of pyridine rings is 1. The molecule has 0 saturated carbocycles. The second-order valence-corrected chi connectivity index (χ2v) is 9.68. The van der Waals surface area contributed by atoms with Gasteiger partial charge in [0.2, 0.25) is 5.91 Å². The van der Waals surface area contributed by atoms with E-state index in [1.807, 2.05) is 0 Å². The number of sulfonamides is 1.